The molecule has 0 unspecified atom stereocenters. The van der Waals surface area contributed by atoms with Gasteiger partial charge in [-0.25, -0.2) is 4.98 Å². The van der Waals surface area contributed by atoms with Crippen molar-refractivity contribution in [2.45, 2.75) is 33.1 Å². The fourth-order valence-electron chi connectivity index (χ4n) is 3.25. The third kappa shape index (κ3) is 3.62. The molecule has 1 aliphatic rings. The number of hydrogen-bond acceptors (Lipinski definition) is 6. The number of nitrogen functional groups attached to an aromatic ring is 1. The summed E-state index contributed by atoms with van der Waals surface area (Å²) in [6.07, 6.45) is 5.05. The Morgan fingerprint density at radius 3 is 2.93 bits per heavy atom. The number of nitrogens with zero attached hydrogens (tertiary/aromatic N) is 2. The summed E-state index contributed by atoms with van der Waals surface area (Å²) in [5, 5.41) is 3.86. The number of rotatable bonds is 4. The van der Waals surface area contributed by atoms with Crippen LogP contribution in [0.1, 0.15) is 44.8 Å². The highest BCUT2D eigenvalue weighted by Crippen LogP contribution is 2.32. The van der Waals surface area contributed by atoms with Gasteiger partial charge in [0.15, 0.2) is 5.13 Å². The number of carbonyl (C=O) groups excluding carboxylic acids is 1. The molecule has 2 heterocycles. The predicted octanol–water partition coefficient (Wildman–Crippen LogP) is 4.96. The first-order chi connectivity index (χ1) is 13.5. The summed E-state index contributed by atoms with van der Waals surface area (Å²) in [5.74, 6) is 0.0540. The number of benzene rings is 1. The SMILES string of the molecule is Cc1c#cc(C(=O)c2sc(Nc3ccc4c(c3)CCCC=N4)nc2N)c(C)c1. The lowest BCUT2D eigenvalue weighted by molar-refractivity contribution is 0.104. The molecule has 0 bridgehead atoms. The fourth-order valence-corrected chi connectivity index (χ4v) is 4.10. The van der Waals surface area contributed by atoms with Crippen molar-refractivity contribution in [3.63, 3.8) is 0 Å². The van der Waals surface area contributed by atoms with Gasteiger partial charge in [-0.1, -0.05) is 23.5 Å². The van der Waals surface area contributed by atoms with Gasteiger partial charge < -0.3 is 11.1 Å². The minimum atomic E-state index is -0.173. The van der Waals surface area contributed by atoms with E-state index in [0.29, 0.717) is 15.6 Å². The number of thiazole rings is 1. The summed E-state index contributed by atoms with van der Waals surface area (Å²) >= 11 is 1.25. The quantitative estimate of drug-likeness (QED) is 0.619. The maximum atomic E-state index is 12.9. The molecule has 0 radical (unpaired) electrons. The van der Waals surface area contributed by atoms with E-state index in [1.807, 2.05) is 38.3 Å². The van der Waals surface area contributed by atoms with E-state index in [0.717, 1.165) is 41.8 Å². The molecule has 0 atom stereocenters. The Balaban J connectivity index is 1.59. The first-order valence-corrected chi connectivity index (χ1v) is 9.97. The molecule has 0 saturated heterocycles. The van der Waals surface area contributed by atoms with Gasteiger partial charge >= 0.3 is 0 Å². The van der Waals surface area contributed by atoms with Gasteiger partial charge in [0.05, 0.1) is 11.3 Å². The van der Waals surface area contributed by atoms with E-state index in [4.69, 9.17) is 5.73 Å². The standard InChI is InChI=1S/C22H20N4OS/c1-13-6-8-17(14(2)11-13)19(27)20-21(23)26-22(28-20)25-16-7-9-18-15(12-16)5-3-4-10-24-18/h7,9-12H,3-5,23H2,1-2H3,(H,25,26). The molecule has 0 fully saturated rings. The van der Waals surface area contributed by atoms with Crippen molar-refractivity contribution < 1.29 is 4.79 Å². The number of hydrogen-bond donors (Lipinski definition) is 2. The van der Waals surface area contributed by atoms with Crippen molar-refractivity contribution in [1.29, 1.82) is 0 Å². The van der Waals surface area contributed by atoms with E-state index in [2.05, 4.69) is 33.5 Å². The van der Waals surface area contributed by atoms with Crippen LogP contribution >= 0.6 is 11.3 Å². The van der Waals surface area contributed by atoms with Crippen LogP contribution in [0.4, 0.5) is 22.3 Å². The molecule has 1 aromatic heterocycles. The summed E-state index contributed by atoms with van der Waals surface area (Å²) in [6, 6.07) is 13.9. The number of aryl methyl sites for hydroxylation is 3. The Labute approximate surface area is 168 Å². The van der Waals surface area contributed by atoms with Gasteiger partial charge in [-0.15, -0.1) is 0 Å². The average molecular weight is 388 g/mol. The summed E-state index contributed by atoms with van der Waals surface area (Å²) in [6.45, 7) is 3.81. The zero-order valence-corrected chi connectivity index (χ0v) is 16.6. The Bertz CT molecular complexity index is 1080. The molecule has 4 rings (SSSR count). The second-order valence-electron chi connectivity index (χ2n) is 6.87. The van der Waals surface area contributed by atoms with Crippen LogP contribution in [0.5, 0.6) is 0 Å². The number of carbonyl (C=O) groups is 1. The summed E-state index contributed by atoms with van der Waals surface area (Å²) < 4.78 is 0. The maximum Gasteiger partial charge on any atom is 0.215 e. The van der Waals surface area contributed by atoms with Crippen molar-refractivity contribution in [3.05, 3.63) is 63.5 Å². The van der Waals surface area contributed by atoms with E-state index in [1.54, 1.807) is 0 Å². The van der Waals surface area contributed by atoms with Crippen LogP contribution in [0.15, 0.2) is 29.3 Å². The van der Waals surface area contributed by atoms with Gasteiger partial charge in [0.2, 0.25) is 5.78 Å². The summed E-state index contributed by atoms with van der Waals surface area (Å²) in [7, 11) is 0. The molecule has 5 nitrogen and oxygen atoms in total. The van der Waals surface area contributed by atoms with Crippen LogP contribution in [-0.2, 0) is 6.42 Å². The summed E-state index contributed by atoms with van der Waals surface area (Å²) in [5.41, 5.74) is 11.5. The average Bonchev–Trinajstić information content (AvgIpc) is 2.87. The summed E-state index contributed by atoms with van der Waals surface area (Å²) in [4.78, 5) is 22.1. The number of anilines is 3. The Hall–Kier alpha value is -3.17. The van der Waals surface area contributed by atoms with Gasteiger partial charge in [-0.3, -0.25) is 9.79 Å². The number of ketones is 1. The molecule has 3 N–H and O–H groups in total. The van der Waals surface area contributed by atoms with Crippen molar-refractivity contribution in [1.82, 2.24) is 4.98 Å². The van der Waals surface area contributed by atoms with Crippen molar-refractivity contribution in [2.24, 2.45) is 4.99 Å². The van der Waals surface area contributed by atoms with Crippen molar-refractivity contribution in [2.75, 3.05) is 11.1 Å². The molecule has 0 spiro atoms. The number of nitrogens with one attached hydrogen (secondary N) is 1. The second kappa shape index (κ2) is 7.45. The first-order valence-electron chi connectivity index (χ1n) is 9.16. The molecular weight excluding hydrogens is 368 g/mol. The van der Waals surface area contributed by atoms with Gasteiger partial charge in [-0.05, 0) is 74.1 Å². The van der Waals surface area contributed by atoms with E-state index in [9.17, 15) is 4.79 Å². The molecule has 0 aliphatic carbocycles. The molecular formula is C22H20N4OS. The van der Waals surface area contributed by atoms with E-state index >= 15 is 0 Å². The third-order valence-corrected chi connectivity index (χ3v) is 5.62. The highest BCUT2D eigenvalue weighted by molar-refractivity contribution is 7.18. The molecule has 0 amide bonds. The van der Waals surface area contributed by atoms with Gasteiger partial charge in [0.25, 0.3) is 0 Å². The topological polar surface area (TPSA) is 80.4 Å². The Morgan fingerprint density at radius 1 is 1.25 bits per heavy atom. The first kappa shape index (κ1) is 18.2. The van der Waals surface area contributed by atoms with Crippen LogP contribution in [0.2, 0.25) is 0 Å². The second-order valence-corrected chi connectivity index (χ2v) is 7.87. The Kier molecular flexibility index (Phi) is 4.84. The molecule has 28 heavy (non-hydrogen) atoms. The predicted molar refractivity (Wildman–Crippen MR) is 114 cm³/mol. The monoisotopic (exact) mass is 388 g/mol. The van der Waals surface area contributed by atoms with Gasteiger partial charge in [0, 0.05) is 11.9 Å². The van der Waals surface area contributed by atoms with E-state index in [-0.39, 0.29) is 11.6 Å². The lowest BCUT2D eigenvalue weighted by Crippen LogP contribution is -2.04. The van der Waals surface area contributed by atoms with E-state index in [1.165, 1.54) is 16.9 Å². The largest absolute Gasteiger partial charge is 0.382 e. The van der Waals surface area contributed by atoms with Crippen LogP contribution in [0.3, 0.4) is 0 Å². The number of fused-ring (bicyclic) bond motifs is 1. The number of aromatic nitrogens is 1. The number of nitrogens with two attached hydrogens (primary N) is 1. The van der Waals surface area contributed by atoms with Crippen LogP contribution in [0, 0.1) is 26.0 Å². The van der Waals surface area contributed by atoms with Crippen LogP contribution < -0.4 is 11.1 Å². The highest BCUT2D eigenvalue weighted by atomic mass is 32.1. The van der Waals surface area contributed by atoms with Crippen molar-refractivity contribution >= 4 is 45.7 Å². The smallest absolute Gasteiger partial charge is 0.215 e. The number of aliphatic imine (C=N–C) groups is 1. The van der Waals surface area contributed by atoms with Crippen molar-refractivity contribution in [3.8, 4) is 0 Å². The molecule has 140 valence electrons. The minimum Gasteiger partial charge on any atom is -0.382 e. The van der Waals surface area contributed by atoms with Gasteiger partial charge in [-0.2, -0.15) is 0 Å². The molecule has 6 heteroatoms. The molecule has 3 aromatic rings. The highest BCUT2D eigenvalue weighted by Gasteiger charge is 2.20. The molecule has 0 saturated carbocycles. The van der Waals surface area contributed by atoms with Gasteiger partial charge in [0.1, 0.15) is 10.7 Å². The fraction of sp³-hybridized carbons (Fsp3) is 0.227. The molecule has 2 aromatic carbocycles. The normalized spacial score (nSPS) is 12.8. The minimum absolute atomic E-state index is 0.173. The van der Waals surface area contributed by atoms with E-state index < -0.39 is 0 Å². The molecule has 1 aliphatic heterocycles. The third-order valence-electron chi connectivity index (χ3n) is 4.64. The zero-order chi connectivity index (χ0) is 19.7. The lowest BCUT2D eigenvalue weighted by atomic mass is 10.0. The maximum absolute atomic E-state index is 12.9. The Morgan fingerprint density at radius 2 is 2.11 bits per heavy atom. The van der Waals surface area contributed by atoms with Crippen LogP contribution in [0.25, 0.3) is 0 Å². The van der Waals surface area contributed by atoms with Crippen LogP contribution in [-0.4, -0.2) is 17.0 Å². The zero-order valence-electron chi connectivity index (χ0n) is 15.8. The lowest BCUT2D eigenvalue weighted by Gasteiger charge is -2.07.